The van der Waals surface area contributed by atoms with Crippen LogP contribution in [0.15, 0.2) is 0 Å². The Balaban J connectivity index is 2.04. The second-order valence-electron chi connectivity index (χ2n) is 4.12. The highest BCUT2D eigenvalue weighted by atomic mass is 16.6. The van der Waals surface area contributed by atoms with Crippen LogP contribution in [0.25, 0.3) is 0 Å². The number of carbonyl (C=O) groups excluding carboxylic acids is 1. The van der Waals surface area contributed by atoms with Gasteiger partial charge in [0.1, 0.15) is 6.61 Å². The number of ether oxygens (including phenoxy) is 3. The Morgan fingerprint density at radius 2 is 2.00 bits per heavy atom. The lowest BCUT2D eigenvalue weighted by atomic mass is 10.4. The maximum Gasteiger partial charge on any atom is 0.332 e. The summed E-state index contributed by atoms with van der Waals surface area (Å²) in [6, 6.07) is 0.691. The van der Waals surface area contributed by atoms with Gasteiger partial charge in [0.25, 0.3) is 0 Å². The summed E-state index contributed by atoms with van der Waals surface area (Å²) in [5, 5.41) is 0. The van der Waals surface area contributed by atoms with Crippen LogP contribution < -0.4 is 0 Å². The lowest BCUT2D eigenvalue weighted by Crippen LogP contribution is -2.33. The van der Waals surface area contributed by atoms with E-state index in [9.17, 15) is 4.79 Å². The lowest BCUT2D eigenvalue weighted by Gasteiger charge is -2.21. The molecule has 5 heteroatoms. The van der Waals surface area contributed by atoms with Gasteiger partial charge in [-0.3, -0.25) is 4.90 Å². The Kier molecular flexibility index (Phi) is 7.16. The summed E-state index contributed by atoms with van der Waals surface area (Å²) in [7, 11) is 1.71. The Hall–Kier alpha value is -0.650. The van der Waals surface area contributed by atoms with Gasteiger partial charge < -0.3 is 14.2 Å². The van der Waals surface area contributed by atoms with Crippen LogP contribution in [0.3, 0.4) is 0 Å². The minimum Gasteiger partial charge on any atom is -0.464 e. The zero-order valence-electron chi connectivity index (χ0n) is 10.8. The van der Waals surface area contributed by atoms with Crippen molar-refractivity contribution in [1.82, 2.24) is 4.90 Å². The fourth-order valence-electron chi connectivity index (χ4n) is 1.67. The number of nitrogens with zero attached hydrogens (tertiary/aromatic N) is 1. The molecule has 100 valence electrons. The largest absolute Gasteiger partial charge is 0.464 e. The quantitative estimate of drug-likeness (QED) is 0.418. The predicted molar refractivity (Wildman–Crippen MR) is 63.9 cm³/mol. The SMILES string of the molecule is CCOC(=O)COCCN(CCOC)C1CC1. The molecule has 1 saturated carbocycles. The van der Waals surface area contributed by atoms with Crippen molar-refractivity contribution in [1.29, 1.82) is 0 Å². The molecule has 0 aromatic carbocycles. The highest BCUT2D eigenvalue weighted by molar-refractivity contribution is 5.70. The van der Waals surface area contributed by atoms with Crippen LogP contribution in [0.4, 0.5) is 0 Å². The Labute approximate surface area is 103 Å². The van der Waals surface area contributed by atoms with Crippen molar-refractivity contribution in [2.45, 2.75) is 25.8 Å². The number of methoxy groups -OCH3 is 1. The number of esters is 1. The Bertz CT molecular complexity index is 219. The van der Waals surface area contributed by atoms with Gasteiger partial charge in [-0.1, -0.05) is 0 Å². The summed E-state index contributed by atoms with van der Waals surface area (Å²) >= 11 is 0. The second kappa shape index (κ2) is 8.44. The minimum atomic E-state index is -0.289. The van der Waals surface area contributed by atoms with Gasteiger partial charge in [-0.25, -0.2) is 4.79 Å². The first kappa shape index (κ1) is 14.4. The summed E-state index contributed by atoms with van der Waals surface area (Å²) in [4.78, 5) is 13.4. The predicted octanol–water partition coefficient (Wildman–Crippen LogP) is 0.677. The molecule has 0 radical (unpaired) electrons. The summed E-state index contributed by atoms with van der Waals surface area (Å²) in [5.74, 6) is -0.289. The van der Waals surface area contributed by atoms with E-state index in [2.05, 4.69) is 4.90 Å². The van der Waals surface area contributed by atoms with E-state index >= 15 is 0 Å². The standard InChI is InChI=1S/C12H23NO4/c1-3-17-12(14)10-16-9-7-13(6-8-15-2)11-4-5-11/h11H,3-10H2,1-2H3. The van der Waals surface area contributed by atoms with Crippen LogP contribution in [-0.4, -0.2) is 63.5 Å². The van der Waals surface area contributed by atoms with Gasteiger partial charge in [0.2, 0.25) is 0 Å². The average Bonchev–Trinajstić information content (AvgIpc) is 3.12. The van der Waals surface area contributed by atoms with Crippen molar-refractivity contribution in [3.8, 4) is 0 Å². The molecule has 0 aromatic heterocycles. The normalized spacial score (nSPS) is 15.2. The monoisotopic (exact) mass is 245 g/mol. The summed E-state index contributed by atoms with van der Waals surface area (Å²) in [5.41, 5.74) is 0. The van der Waals surface area contributed by atoms with E-state index in [4.69, 9.17) is 14.2 Å². The summed E-state index contributed by atoms with van der Waals surface area (Å²) in [6.45, 7) is 5.35. The van der Waals surface area contributed by atoms with E-state index in [-0.39, 0.29) is 12.6 Å². The second-order valence-corrected chi connectivity index (χ2v) is 4.12. The number of hydrogen-bond donors (Lipinski definition) is 0. The van der Waals surface area contributed by atoms with Gasteiger partial charge in [0.15, 0.2) is 0 Å². The van der Waals surface area contributed by atoms with Gasteiger partial charge in [-0.2, -0.15) is 0 Å². The zero-order chi connectivity index (χ0) is 12.5. The van der Waals surface area contributed by atoms with Crippen LogP contribution in [-0.2, 0) is 19.0 Å². The van der Waals surface area contributed by atoms with Crippen molar-refractivity contribution in [3.63, 3.8) is 0 Å². The van der Waals surface area contributed by atoms with E-state index < -0.39 is 0 Å². The molecule has 0 amide bonds. The fourth-order valence-corrected chi connectivity index (χ4v) is 1.67. The molecule has 0 spiro atoms. The molecule has 0 aliphatic heterocycles. The zero-order valence-corrected chi connectivity index (χ0v) is 10.8. The molecule has 0 N–H and O–H groups in total. The third-order valence-electron chi connectivity index (χ3n) is 2.69. The maximum atomic E-state index is 11.0. The smallest absolute Gasteiger partial charge is 0.332 e. The molecule has 0 saturated heterocycles. The first-order valence-corrected chi connectivity index (χ1v) is 6.24. The molecule has 17 heavy (non-hydrogen) atoms. The molecule has 0 atom stereocenters. The highest BCUT2D eigenvalue weighted by Gasteiger charge is 2.28. The molecular formula is C12H23NO4. The first-order chi connectivity index (χ1) is 8.27. The van der Waals surface area contributed by atoms with Crippen LogP contribution in [0, 0.1) is 0 Å². The van der Waals surface area contributed by atoms with Crippen molar-refractivity contribution >= 4 is 5.97 Å². The lowest BCUT2D eigenvalue weighted by molar-refractivity contribution is -0.148. The molecule has 0 aromatic rings. The maximum absolute atomic E-state index is 11.0. The molecule has 0 bridgehead atoms. The van der Waals surface area contributed by atoms with Crippen LogP contribution in [0.2, 0.25) is 0 Å². The number of rotatable bonds is 10. The van der Waals surface area contributed by atoms with Gasteiger partial charge >= 0.3 is 5.97 Å². The first-order valence-electron chi connectivity index (χ1n) is 6.24. The van der Waals surface area contributed by atoms with Crippen LogP contribution in [0.5, 0.6) is 0 Å². The average molecular weight is 245 g/mol. The Morgan fingerprint density at radius 1 is 1.29 bits per heavy atom. The highest BCUT2D eigenvalue weighted by Crippen LogP contribution is 2.26. The molecule has 0 unspecified atom stereocenters. The molecule has 1 aliphatic rings. The number of hydrogen-bond acceptors (Lipinski definition) is 5. The van der Waals surface area contributed by atoms with Crippen LogP contribution >= 0.6 is 0 Å². The van der Waals surface area contributed by atoms with Crippen molar-refractivity contribution < 1.29 is 19.0 Å². The van der Waals surface area contributed by atoms with Gasteiger partial charge in [0.05, 0.1) is 19.8 Å². The van der Waals surface area contributed by atoms with Crippen molar-refractivity contribution in [2.24, 2.45) is 0 Å². The van der Waals surface area contributed by atoms with Gasteiger partial charge in [-0.15, -0.1) is 0 Å². The molecule has 1 fully saturated rings. The van der Waals surface area contributed by atoms with E-state index in [1.165, 1.54) is 12.8 Å². The summed E-state index contributed by atoms with van der Waals surface area (Å²) in [6.07, 6.45) is 2.53. The van der Waals surface area contributed by atoms with Gasteiger partial charge in [-0.05, 0) is 19.8 Å². The molecule has 1 aliphatic carbocycles. The topological polar surface area (TPSA) is 48.0 Å². The van der Waals surface area contributed by atoms with E-state index in [1.807, 2.05) is 0 Å². The van der Waals surface area contributed by atoms with E-state index in [0.717, 1.165) is 19.7 Å². The minimum absolute atomic E-state index is 0.0522. The van der Waals surface area contributed by atoms with Crippen molar-refractivity contribution in [3.05, 3.63) is 0 Å². The molecule has 1 rings (SSSR count). The van der Waals surface area contributed by atoms with E-state index in [0.29, 0.717) is 19.3 Å². The molecule has 0 heterocycles. The molecular weight excluding hydrogens is 222 g/mol. The van der Waals surface area contributed by atoms with Crippen molar-refractivity contribution in [2.75, 3.05) is 46.6 Å². The Morgan fingerprint density at radius 3 is 2.59 bits per heavy atom. The van der Waals surface area contributed by atoms with E-state index in [1.54, 1.807) is 14.0 Å². The third-order valence-corrected chi connectivity index (χ3v) is 2.69. The van der Waals surface area contributed by atoms with Gasteiger partial charge in [0, 0.05) is 26.2 Å². The van der Waals surface area contributed by atoms with Crippen LogP contribution in [0.1, 0.15) is 19.8 Å². The molecule has 5 nitrogen and oxygen atoms in total. The third kappa shape index (κ3) is 6.61. The number of carbonyl (C=O) groups is 1. The fraction of sp³-hybridized carbons (Fsp3) is 0.917. The summed E-state index contributed by atoms with van der Waals surface area (Å²) < 4.78 is 15.1.